The van der Waals surface area contributed by atoms with Crippen LogP contribution in [0.15, 0.2) is 60.7 Å². The van der Waals surface area contributed by atoms with E-state index in [4.69, 9.17) is 14.2 Å². The highest BCUT2D eigenvalue weighted by Crippen LogP contribution is 2.20. The summed E-state index contributed by atoms with van der Waals surface area (Å²) < 4.78 is 16.3. The van der Waals surface area contributed by atoms with Gasteiger partial charge in [-0.05, 0) is 44.7 Å². The third kappa shape index (κ3) is 17.0. The highest BCUT2D eigenvalue weighted by molar-refractivity contribution is 5.95. The molecule has 0 aliphatic rings. The molecular weight excluding hydrogens is 528 g/mol. The summed E-state index contributed by atoms with van der Waals surface area (Å²) in [5.74, 6) is -1.99. The van der Waals surface area contributed by atoms with E-state index in [9.17, 15) is 14.4 Å². The topological polar surface area (TPSA) is 78.9 Å². The maximum Gasteiger partial charge on any atom is 0.320 e. The molecule has 0 saturated carbocycles. The van der Waals surface area contributed by atoms with E-state index in [0.717, 1.165) is 43.2 Å². The van der Waals surface area contributed by atoms with Gasteiger partial charge in [-0.1, -0.05) is 131 Å². The van der Waals surface area contributed by atoms with Crippen LogP contribution in [0.5, 0.6) is 0 Å². The molecule has 0 aromatic heterocycles. The summed E-state index contributed by atoms with van der Waals surface area (Å²) in [4.78, 5) is 37.4. The standard InChI is InChI=1S/C36H52O6/c1-36(2,3)42-35(39)32(34(38)41-29-31-24-18-15-19-25-31)26-20-12-10-8-6-4-5-7-9-11-13-21-27-33(37)40-28-30-22-16-14-17-23-30/h14-19,22-25,32H,4-13,20-21,26-29H2,1-3H3. The largest absolute Gasteiger partial charge is 0.461 e. The predicted octanol–water partition coefficient (Wildman–Crippen LogP) is 8.89. The molecule has 0 saturated heterocycles. The molecule has 0 radical (unpaired) electrons. The van der Waals surface area contributed by atoms with Crippen molar-refractivity contribution in [1.29, 1.82) is 0 Å². The maximum atomic E-state index is 12.8. The Balaban J connectivity index is 1.48. The van der Waals surface area contributed by atoms with Crippen LogP contribution in [-0.2, 0) is 41.8 Å². The van der Waals surface area contributed by atoms with E-state index in [-0.39, 0.29) is 12.6 Å². The van der Waals surface area contributed by atoms with Crippen molar-refractivity contribution >= 4 is 17.9 Å². The van der Waals surface area contributed by atoms with Crippen molar-refractivity contribution in [2.75, 3.05) is 0 Å². The molecule has 0 N–H and O–H groups in total. The molecule has 2 aromatic rings. The van der Waals surface area contributed by atoms with E-state index in [1.165, 1.54) is 44.9 Å². The number of carbonyl (C=O) groups excluding carboxylic acids is 3. The number of unbranched alkanes of at least 4 members (excludes halogenated alkanes) is 11. The zero-order valence-electron chi connectivity index (χ0n) is 26.1. The Hall–Kier alpha value is -3.15. The molecule has 1 unspecified atom stereocenters. The summed E-state index contributed by atoms with van der Waals surface area (Å²) in [5, 5.41) is 0. The number of hydrogen-bond acceptors (Lipinski definition) is 6. The van der Waals surface area contributed by atoms with Gasteiger partial charge < -0.3 is 14.2 Å². The maximum absolute atomic E-state index is 12.8. The fraction of sp³-hybridized carbons (Fsp3) is 0.583. The smallest absolute Gasteiger partial charge is 0.320 e. The van der Waals surface area contributed by atoms with Crippen LogP contribution in [0.1, 0.15) is 122 Å². The lowest BCUT2D eigenvalue weighted by molar-refractivity contribution is -0.170. The molecule has 6 nitrogen and oxygen atoms in total. The molecule has 0 amide bonds. The molecule has 2 rings (SSSR count). The number of ether oxygens (including phenoxy) is 3. The SMILES string of the molecule is CC(C)(C)OC(=O)C(CCCCCCCCCCCCCCC(=O)OCc1ccccc1)C(=O)OCc1ccccc1. The quantitative estimate of drug-likeness (QED) is 0.0635. The lowest BCUT2D eigenvalue weighted by Gasteiger charge is -2.23. The van der Waals surface area contributed by atoms with E-state index >= 15 is 0 Å². The van der Waals surface area contributed by atoms with Gasteiger partial charge in [0.05, 0.1) is 0 Å². The summed E-state index contributed by atoms with van der Waals surface area (Å²) in [5.41, 5.74) is 1.27. The summed E-state index contributed by atoms with van der Waals surface area (Å²) in [6.07, 6.45) is 14.3. The van der Waals surface area contributed by atoms with Crippen LogP contribution < -0.4 is 0 Å². The average molecular weight is 581 g/mol. The number of benzene rings is 2. The van der Waals surface area contributed by atoms with Crippen molar-refractivity contribution in [1.82, 2.24) is 0 Å². The molecule has 42 heavy (non-hydrogen) atoms. The summed E-state index contributed by atoms with van der Waals surface area (Å²) in [6.45, 7) is 5.94. The van der Waals surface area contributed by atoms with E-state index in [0.29, 0.717) is 19.4 Å². The minimum Gasteiger partial charge on any atom is -0.461 e. The van der Waals surface area contributed by atoms with Gasteiger partial charge in [0.25, 0.3) is 0 Å². The number of rotatable bonds is 21. The van der Waals surface area contributed by atoms with E-state index in [1.807, 2.05) is 81.4 Å². The molecule has 232 valence electrons. The number of carbonyl (C=O) groups is 3. The van der Waals surface area contributed by atoms with Crippen molar-refractivity contribution in [3.8, 4) is 0 Å². The second-order valence-corrected chi connectivity index (χ2v) is 12.1. The minimum atomic E-state index is -0.882. The second kappa shape index (κ2) is 20.7. The van der Waals surface area contributed by atoms with Gasteiger partial charge in [0, 0.05) is 6.42 Å². The van der Waals surface area contributed by atoms with E-state index < -0.39 is 23.5 Å². The van der Waals surface area contributed by atoms with Gasteiger partial charge >= 0.3 is 17.9 Å². The van der Waals surface area contributed by atoms with Crippen LogP contribution >= 0.6 is 0 Å². The monoisotopic (exact) mass is 580 g/mol. The molecule has 0 aliphatic carbocycles. The predicted molar refractivity (Wildman–Crippen MR) is 166 cm³/mol. The normalized spacial score (nSPS) is 12.0. The van der Waals surface area contributed by atoms with Crippen LogP contribution in [0, 0.1) is 5.92 Å². The molecule has 2 aromatic carbocycles. The molecule has 6 heteroatoms. The Morgan fingerprint density at radius 3 is 1.48 bits per heavy atom. The highest BCUT2D eigenvalue weighted by Gasteiger charge is 2.32. The first-order valence-corrected chi connectivity index (χ1v) is 15.9. The summed E-state index contributed by atoms with van der Waals surface area (Å²) in [7, 11) is 0. The number of esters is 3. The third-order valence-corrected chi connectivity index (χ3v) is 7.07. The first-order valence-electron chi connectivity index (χ1n) is 15.9. The van der Waals surface area contributed by atoms with E-state index in [1.54, 1.807) is 0 Å². The lowest BCUT2D eigenvalue weighted by Crippen LogP contribution is -2.33. The van der Waals surface area contributed by atoms with Gasteiger partial charge in [0.1, 0.15) is 18.8 Å². The molecule has 0 heterocycles. The van der Waals surface area contributed by atoms with Gasteiger partial charge in [0.15, 0.2) is 5.92 Å². The fourth-order valence-corrected chi connectivity index (χ4v) is 4.73. The third-order valence-electron chi connectivity index (χ3n) is 7.07. The van der Waals surface area contributed by atoms with Crippen molar-refractivity contribution in [3.63, 3.8) is 0 Å². The van der Waals surface area contributed by atoms with Crippen LogP contribution in [0.3, 0.4) is 0 Å². The Labute approximate surface area is 253 Å². The van der Waals surface area contributed by atoms with Gasteiger partial charge in [-0.25, -0.2) is 0 Å². The zero-order valence-corrected chi connectivity index (χ0v) is 26.1. The molecular formula is C36H52O6. The molecule has 0 fully saturated rings. The van der Waals surface area contributed by atoms with Crippen LogP contribution in [0.4, 0.5) is 0 Å². The van der Waals surface area contributed by atoms with Gasteiger partial charge in [0.2, 0.25) is 0 Å². The Bertz CT molecular complexity index is 1010. The molecule has 0 aliphatic heterocycles. The highest BCUT2D eigenvalue weighted by atomic mass is 16.6. The summed E-state index contributed by atoms with van der Waals surface area (Å²) >= 11 is 0. The lowest BCUT2D eigenvalue weighted by atomic mass is 9.99. The molecule has 1 atom stereocenters. The van der Waals surface area contributed by atoms with Crippen molar-refractivity contribution in [2.24, 2.45) is 5.92 Å². The van der Waals surface area contributed by atoms with Crippen LogP contribution in [-0.4, -0.2) is 23.5 Å². The minimum absolute atomic E-state index is 0.109. The first kappa shape index (κ1) is 35.0. The summed E-state index contributed by atoms with van der Waals surface area (Å²) in [6, 6.07) is 19.3. The Morgan fingerprint density at radius 1 is 0.571 bits per heavy atom. The van der Waals surface area contributed by atoms with Crippen LogP contribution in [0.2, 0.25) is 0 Å². The van der Waals surface area contributed by atoms with Crippen molar-refractivity contribution < 1.29 is 28.6 Å². The average Bonchev–Trinajstić information content (AvgIpc) is 2.97. The van der Waals surface area contributed by atoms with E-state index in [2.05, 4.69) is 0 Å². The van der Waals surface area contributed by atoms with Crippen molar-refractivity contribution in [2.45, 2.75) is 129 Å². The Morgan fingerprint density at radius 2 is 1.00 bits per heavy atom. The van der Waals surface area contributed by atoms with Gasteiger partial charge in [-0.15, -0.1) is 0 Å². The number of hydrogen-bond donors (Lipinski definition) is 0. The van der Waals surface area contributed by atoms with Gasteiger partial charge in [-0.2, -0.15) is 0 Å². The Kier molecular flexibility index (Phi) is 17.3. The van der Waals surface area contributed by atoms with Crippen molar-refractivity contribution in [3.05, 3.63) is 71.8 Å². The fourth-order valence-electron chi connectivity index (χ4n) is 4.73. The zero-order chi connectivity index (χ0) is 30.5. The second-order valence-electron chi connectivity index (χ2n) is 12.1. The van der Waals surface area contributed by atoms with Gasteiger partial charge in [-0.3, -0.25) is 14.4 Å². The molecule has 0 bridgehead atoms. The van der Waals surface area contributed by atoms with Crippen LogP contribution in [0.25, 0.3) is 0 Å². The molecule has 0 spiro atoms. The first-order chi connectivity index (χ1) is 20.2.